The lowest BCUT2D eigenvalue weighted by molar-refractivity contribution is 0.261. The highest BCUT2D eigenvalue weighted by molar-refractivity contribution is 7.89. The normalized spacial score (nSPS) is 23.8. The van der Waals surface area contributed by atoms with Crippen LogP contribution in [0.5, 0.6) is 0 Å². The summed E-state index contributed by atoms with van der Waals surface area (Å²) in [5.74, 6) is 0.241. The van der Waals surface area contributed by atoms with Gasteiger partial charge in [0.15, 0.2) is 6.19 Å². The summed E-state index contributed by atoms with van der Waals surface area (Å²) in [7, 11) is -3.28. The Balaban J connectivity index is 1.63. The third-order valence-electron chi connectivity index (χ3n) is 4.26. The van der Waals surface area contributed by atoms with E-state index in [-0.39, 0.29) is 5.92 Å². The molecule has 0 radical (unpaired) electrons. The van der Waals surface area contributed by atoms with Crippen LogP contribution < -0.4 is 0 Å². The van der Waals surface area contributed by atoms with E-state index in [1.165, 1.54) is 9.21 Å². The first-order valence-corrected chi connectivity index (χ1v) is 8.78. The van der Waals surface area contributed by atoms with Gasteiger partial charge in [-0.1, -0.05) is 23.7 Å². The van der Waals surface area contributed by atoms with Crippen LogP contribution in [0.2, 0.25) is 5.02 Å². The van der Waals surface area contributed by atoms with Crippen LogP contribution in [0.4, 0.5) is 0 Å². The molecular formula is C14H16ClN3O2S. The zero-order chi connectivity index (χ0) is 15.0. The average Bonchev–Trinajstić information content (AvgIpc) is 2.88. The lowest BCUT2D eigenvalue weighted by atomic mass is 9.94. The van der Waals surface area contributed by atoms with Crippen molar-refractivity contribution in [2.75, 3.05) is 26.2 Å². The van der Waals surface area contributed by atoms with Crippen LogP contribution in [0.1, 0.15) is 17.9 Å². The number of rotatable bonds is 3. The first-order valence-electron chi connectivity index (χ1n) is 6.90. The third kappa shape index (κ3) is 2.73. The van der Waals surface area contributed by atoms with Gasteiger partial charge in [-0.2, -0.15) is 5.26 Å². The standard InChI is InChI=1S/C14H16ClN3O2S/c15-13-3-1-11(2-4-13)12-7-18(8-12)21(19,20)14-5-6-17(9-14)10-16/h1-4,12,14H,5-9H2/t14-/m0/s1. The quantitative estimate of drug-likeness (QED) is 0.792. The highest BCUT2D eigenvalue weighted by atomic mass is 35.5. The maximum Gasteiger partial charge on any atom is 0.218 e. The number of nitrogens with zero attached hydrogens (tertiary/aromatic N) is 3. The second kappa shape index (κ2) is 5.48. The fraction of sp³-hybridized carbons (Fsp3) is 0.500. The predicted molar refractivity (Wildman–Crippen MR) is 80.3 cm³/mol. The molecule has 0 N–H and O–H groups in total. The fourth-order valence-electron chi connectivity index (χ4n) is 2.86. The molecule has 112 valence electrons. The molecule has 0 amide bonds. The molecule has 0 unspecified atom stereocenters. The number of likely N-dealkylation sites (tertiary alicyclic amines) is 1. The van der Waals surface area contributed by atoms with E-state index in [1.807, 2.05) is 30.5 Å². The molecule has 7 heteroatoms. The zero-order valence-corrected chi connectivity index (χ0v) is 13.0. The van der Waals surface area contributed by atoms with Gasteiger partial charge in [0.2, 0.25) is 10.0 Å². The highest BCUT2D eigenvalue weighted by Crippen LogP contribution is 2.32. The Labute approximate surface area is 129 Å². The molecule has 5 nitrogen and oxygen atoms in total. The first kappa shape index (κ1) is 14.6. The van der Waals surface area contributed by atoms with Crippen molar-refractivity contribution in [2.24, 2.45) is 0 Å². The van der Waals surface area contributed by atoms with Crippen molar-refractivity contribution in [1.82, 2.24) is 9.21 Å². The van der Waals surface area contributed by atoms with Crippen molar-refractivity contribution in [1.29, 1.82) is 5.26 Å². The van der Waals surface area contributed by atoms with Gasteiger partial charge in [0.25, 0.3) is 0 Å². The lowest BCUT2D eigenvalue weighted by Gasteiger charge is -2.39. The van der Waals surface area contributed by atoms with Crippen molar-refractivity contribution in [3.8, 4) is 6.19 Å². The van der Waals surface area contributed by atoms with Gasteiger partial charge in [-0.3, -0.25) is 0 Å². The number of halogens is 1. The van der Waals surface area contributed by atoms with Crippen LogP contribution in [0.3, 0.4) is 0 Å². The minimum Gasteiger partial charge on any atom is -0.309 e. The Kier molecular flexibility index (Phi) is 3.82. The zero-order valence-electron chi connectivity index (χ0n) is 11.4. The van der Waals surface area contributed by atoms with Gasteiger partial charge < -0.3 is 4.90 Å². The molecule has 0 bridgehead atoms. The fourth-order valence-corrected chi connectivity index (χ4v) is 4.96. The minimum atomic E-state index is -3.28. The predicted octanol–water partition coefficient (Wildman–Crippen LogP) is 1.62. The molecule has 2 aliphatic heterocycles. The average molecular weight is 326 g/mol. The number of sulfonamides is 1. The topological polar surface area (TPSA) is 64.4 Å². The molecule has 1 aromatic rings. The van der Waals surface area contributed by atoms with E-state index in [1.54, 1.807) is 0 Å². The molecule has 2 heterocycles. The molecular weight excluding hydrogens is 310 g/mol. The molecule has 0 aliphatic carbocycles. The molecule has 0 aromatic heterocycles. The Morgan fingerprint density at radius 3 is 2.43 bits per heavy atom. The minimum absolute atomic E-state index is 0.241. The van der Waals surface area contributed by atoms with Crippen molar-refractivity contribution in [3.05, 3.63) is 34.9 Å². The van der Waals surface area contributed by atoms with Gasteiger partial charge in [-0.05, 0) is 24.1 Å². The van der Waals surface area contributed by atoms with E-state index in [0.717, 1.165) is 5.56 Å². The Bertz CT molecular complexity index is 662. The molecule has 2 fully saturated rings. The SMILES string of the molecule is N#CN1CC[C@H](S(=O)(=O)N2CC(c3ccc(Cl)cc3)C2)C1. The van der Waals surface area contributed by atoms with Crippen molar-refractivity contribution in [3.63, 3.8) is 0 Å². The van der Waals surface area contributed by atoms with Gasteiger partial charge in [-0.15, -0.1) is 0 Å². The third-order valence-corrected chi connectivity index (χ3v) is 6.75. The second-order valence-corrected chi connectivity index (χ2v) is 8.22. The molecule has 0 saturated carbocycles. The summed E-state index contributed by atoms with van der Waals surface area (Å²) >= 11 is 5.86. The van der Waals surface area contributed by atoms with Crippen molar-refractivity contribution < 1.29 is 8.42 Å². The number of nitriles is 1. The highest BCUT2D eigenvalue weighted by Gasteiger charge is 2.43. The Hall–Kier alpha value is -1.29. The van der Waals surface area contributed by atoms with E-state index in [2.05, 4.69) is 0 Å². The Morgan fingerprint density at radius 2 is 1.86 bits per heavy atom. The first-order chi connectivity index (χ1) is 10.0. The van der Waals surface area contributed by atoms with E-state index >= 15 is 0 Å². The summed E-state index contributed by atoms with van der Waals surface area (Å²) in [4.78, 5) is 1.51. The van der Waals surface area contributed by atoms with Gasteiger partial charge in [0.1, 0.15) is 0 Å². The van der Waals surface area contributed by atoms with Crippen LogP contribution in [0, 0.1) is 11.5 Å². The molecule has 0 spiro atoms. The summed E-state index contributed by atoms with van der Waals surface area (Å²) in [6.45, 7) is 1.90. The summed E-state index contributed by atoms with van der Waals surface area (Å²) < 4.78 is 26.5. The molecule has 2 aliphatic rings. The smallest absolute Gasteiger partial charge is 0.218 e. The van der Waals surface area contributed by atoms with Crippen molar-refractivity contribution in [2.45, 2.75) is 17.6 Å². The van der Waals surface area contributed by atoms with E-state index < -0.39 is 15.3 Å². The van der Waals surface area contributed by atoms with Crippen LogP contribution in [0.15, 0.2) is 24.3 Å². The monoisotopic (exact) mass is 325 g/mol. The second-order valence-electron chi connectivity index (χ2n) is 5.57. The van der Waals surface area contributed by atoms with Crippen LogP contribution in [-0.2, 0) is 10.0 Å². The van der Waals surface area contributed by atoms with E-state index in [9.17, 15) is 8.42 Å². The molecule has 2 saturated heterocycles. The maximum atomic E-state index is 12.5. The number of hydrogen-bond donors (Lipinski definition) is 0. The van der Waals surface area contributed by atoms with Crippen LogP contribution in [0.25, 0.3) is 0 Å². The summed E-state index contributed by atoms with van der Waals surface area (Å²) in [6, 6.07) is 7.56. The van der Waals surface area contributed by atoms with E-state index in [4.69, 9.17) is 16.9 Å². The molecule has 21 heavy (non-hydrogen) atoms. The lowest BCUT2D eigenvalue weighted by Crippen LogP contribution is -2.52. The maximum absolute atomic E-state index is 12.5. The number of benzene rings is 1. The number of hydrogen-bond acceptors (Lipinski definition) is 4. The molecule has 1 aromatic carbocycles. The van der Waals surface area contributed by atoms with Crippen LogP contribution >= 0.6 is 11.6 Å². The summed E-state index contributed by atoms with van der Waals surface area (Å²) in [5.41, 5.74) is 1.12. The van der Waals surface area contributed by atoms with E-state index in [0.29, 0.717) is 37.6 Å². The van der Waals surface area contributed by atoms with Gasteiger partial charge >= 0.3 is 0 Å². The van der Waals surface area contributed by atoms with Gasteiger partial charge in [0.05, 0.1) is 5.25 Å². The summed E-state index contributed by atoms with van der Waals surface area (Å²) in [5, 5.41) is 9.07. The van der Waals surface area contributed by atoms with Crippen LogP contribution in [-0.4, -0.2) is 49.1 Å². The Morgan fingerprint density at radius 1 is 1.19 bits per heavy atom. The molecule has 1 atom stereocenters. The van der Waals surface area contributed by atoms with Crippen molar-refractivity contribution >= 4 is 21.6 Å². The summed E-state index contributed by atoms with van der Waals surface area (Å²) in [6.07, 6.45) is 2.56. The largest absolute Gasteiger partial charge is 0.309 e. The van der Waals surface area contributed by atoms with Gasteiger partial charge in [-0.25, -0.2) is 12.7 Å². The van der Waals surface area contributed by atoms with Gasteiger partial charge in [0, 0.05) is 37.1 Å². The molecule has 3 rings (SSSR count).